The van der Waals surface area contributed by atoms with Crippen molar-refractivity contribution in [2.75, 3.05) is 19.7 Å². The van der Waals surface area contributed by atoms with Gasteiger partial charge in [-0.05, 0) is 44.0 Å². The van der Waals surface area contributed by atoms with E-state index < -0.39 is 22.0 Å². The second-order valence-electron chi connectivity index (χ2n) is 5.64. The van der Waals surface area contributed by atoms with Crippen LogP contribution in [0.1, 0.15) is 26.2 Å². The van der Waals surface area contributed by atoms with Crippen LogP contribution in [-0.4, -0.2) is 56.0 Å². The quantitative estimate of drug-likeness (QED) is 0.701. The number of carbonyl (C=O) groups excluding carboxylic acids is 1. The molecule has 1 aliphatic heterocycles. The predicted molar refractivity (Wildman–Crippen MR) is 89.8 cm³/mol. The van der Waals surface area contributed by atoms with Gasteiger partial charge in [0.05, 0.1) is 11.5 Å². The van der Waals surface area contributed by atoms with E-state index in [4.69, 9.17) is 9.84 Å². The number of carboxylic acid groups (broad SMARTS) is 1. The Morgan fingerprint density at radius 3 is 2.60 bits per heavy atom. The van der Waals surface area contributed by atoms with Crippen LogP contribution in [0.2, 0.25) is 0 Å². The van der Waals surface area contributed by atoms with Gasteiger partial charge in [-0.1, -0.05) is 0 Å². The number of amides is 1. The molecule has 0 radical (unpaired) electrons. The number of nitrogens with zero attached hydrogens (tertiary/aromatic N) is 1. The highest BCUT2D eigenvalue weighted by molar-refractivity contribution is 7.89. The van der Waals surface area contributed by atoms with Gasteiger partial charge in [-0.3, -0.25) is 4.79 Å². The maximum atomic E-state index is 12.2. The first-order valence-electron chi connectivity index (χ1n) is 8.10. The molecule has 0 aromatic heterocycles. The summed E-state index contributed by atoms with van der Waals surface area (Å²) in [6, 6.07) is 5.16. The fraction of sp³-hybridized carbons (Fsp3) is 0.500. The molecular weight excluding hydrogens is 348 g/mol. The summed E-state index contributed by atoms with van der Waals surface area (Å²) in [7, 11) is -3.73. The van der Waals surface area contributed by atoms with Crippen molar-refractivity contribution >= 4 is 21.9 Å². The van der Waals surface area contributed by atoms with Crippen LogP contribution in [-0.2, 0) is 19.6 Å². The van der Waals surface area contributed by atoms with Gasteiger partial charge in [0.2, 0.25) is 15.9 Å². The van der Waals surface area contributed by atoms with Crippen molar-refractivity contribution in [3.63, 3.8) is 0 Å². The number of nitrogens with one attached hydrogen (secondary N) is 1. The standard InChI is InChI=1S/C16H22N2O6S/c1-2-24-12-5-7-13(8-6-12)25(22,23)17-10-9-15(19)18-11-3-4-14(18)16(20)21/h5-8,14,17H,2-4,9-11H2,1H3,(H,20,21)/t14-/m0/s1. The number of likely N-dealkylation sites (tertiary alicyclic amines) is 1. The smallest absolute Gasteiger partial charge is 0.326 e. The van der Waals surface area contributed by atoms with Crippen LogP contribution in [0.15, 0.2) is 29.2 Å². The minimum atomic E-state index is -3.73. The first-order valence-corrected chi connectivity index (χ1v) is 9.58. The van der Waals surface area contributed by atoms with Crippen molar-refractivity contribution in [2.24, 2.45) is 0 Å². The molecule has 0 spiro atoms. The largest absolute Gasteiger partial charge is 0.494 e. The van der Waals surface area contributed by atoms with Gasteiger partial charge in [0.15, 0.2) is 0 Å². The van der Waals surface area contributed by atoms with E-state index in [1.165, 1.54) is 17.0 Å². The molecule has 1 heterocycles. The fourth-order valence-electron chi connectivity index (χ4n) is 2.72. The summed E-state index contributed by atoms with van der Waals surface area (Å²) >= 11 is 0. The zero-order chi connectivity index (χ0) is 18.4. The molecule has 1 saturated heterocycles. The van der Waals surface area contributed by atoms with E-state index in [1.54, 1.807) is 12.1 Å². The van der Waals surface area contributed by atoms with Gasteiger partial charge in [0.1, 0.15) is 11.8 Å². The number of aliphatic carboxylic acids is 1. The Hall–Kier alpha value is -2.13. The lowest BCUT2D eigenvalue weighted by atomic mass is 10.2. The second-order valence-corrected chi connectivity index (χ2v) is 7.40. The molecule has 1 aromatic carbocycles. The zero-order valence-corrected chi connectivity index (χ0v) is 14.8. The van der Waals surface area contributed by atoms with Gasteiger partial charge >= 0.3 is 5.97 Å². The van der Waals surface area contributed by atoms with E-state index in [0.717, 1.165) is 0 Å². The van der Waals surface area contributed by atoms with E-state index in [9.17, 15) is 18.0 Å². The van der Waals surface area contributed by atoms with Gasteiger partial charge in [-0.15, -0.1) is 0 Å². The summed E-state index contributed by atoms with van der Waals surface area (Å²) in [5.74, 6) is -0.814. The molecular formula is C16H22N2O6S. The number of hydrogen-bond acceptors (Lipinski definition) is 5. The van der Waals surface area contributed by atoms with E-state index >= 15 is 0 Å². The molecule has 0 aliphatic carbocycles. The van der Waals surface area contributed by atoms with Gasteiger partial charge in [-0.2, -0.15) is 0 Å². The minimum Gasteiger partial charge on any atom is -0.494 e. The van der Waals surface area contributed by atoms with Gasteiger partial charge < -0.3 is 14.7 Å². The van der Waals surface area contributed by atoms with Crippen molar-refractivity contribution in [3.05, 3.63) is 24.3 Å². The first kappa shape index (κ1) is 19.2. The molecule has 1 atom stereocenters. The number of sulfonamides is 1. The monoisotopic (exact) mass is 370 g/mol. The number of carbonyl (C=O) groups is 2. The third kappa shape index (κ3) is 4.93. The Bertz CT molecular complexity index is 717. The van der Waals surface area contributed by atoms with Crippen LogP contribution >= 0.6 is 0 Å². The minimum absolute atomic E-state index is 0.0768. The van der Waals surface area contributed by atoms with Crippen LogP contribution < -0.4 is 9.46 Å². The lowest BCUT2D eigenvalue weighted by Crippen LogP contribution is -2.41. The maximum Gasteiger partial charge on any atom is 0.326 e. The summed E-state index contributed by atoms with van der Waals surface area (Å²) in [5, 5.41) is 9.08. The number of benzene rings is 1. The summed E-state index contributed by atoms with van der Waals surface area (Å²) in [6.45, 7) is 2.62. The molecule has 1 aromatic rings. The lowest BCUT2D eigenvalue weighted by Gasteiger charge is -2.21. The van der Waals surface area contributed by atoms with Crippen molar-refractivity contribution in [2.45, 2.75) is 37.1 Å². The molecule has 25 heavy (non-hydrogen) atoms. The fourth-order valence-corrected chi connectivity index (χ4v) is 3.75. The molecule has 8 nitrogen and oxygen atoms in total. The van der Waals surface area contributed by atoms with E-state index in [0.29, 0.717) is 31.7 Å². The molecule has 1 amide bonds. The molecule has 0 unspecified atom stereocenters. The van der Waals surface area contributed by atoms with Crippen LogP contribution in [0, 0.1) is 0 Å². The van der Waals surface area contributed by atoms with E-state index in [2.05, 4.69) is 4.72 Å². The normalized spacial score (nSPS) is 17.5. The maximum absolute atomic E-state index is 12.2. The van der Waals surface area contributed by atoms with Crippen molar-refractivity contribution < 1.29 is 27.9 Å². The van der Waals surface area contributed by atoms with Crippen molar-refractivity contribution in [3.8, 4) is 5.75 Å². The topological polar surface area (TPSA) is 113 Å². The Balaban J connectivity index is 1.89. The predicted octanol–water partition coefficient (Wildman–Crippen LogP) is 0.829. The van der Waals surface area contributed by atoms with Crippen LogP contribution in [0.4, 0.5) is 0 Å². The summed E-state index contributed by atoms with van der Waals surface area (Å²) in [6.07, 6.45) is 0.986. The molecule has 1 fully saturated rings. The molecule has 1 aliphatic rings. The third-order valence-electron chi connectivity index (χ3n) is 3.93. The lowest BCUT2D eigenvalue weighted by molar-refractivity contribution is -0.148. The summed E-state index contributed by atoms with van der Waals surface area (Å²) < 4.78 is 32.0. The molecule has 0 bridgehead atoms. The number of ether oxygens (including phenoxy) is 1. The van der Waals surface area contributed by atoms with Crippen molar-refractivity contribution in [1.82, 2.24) is 9.62 Å². The van der Waals surface area contributed by atoms with E-state index in [-0.39, 0.29) is 23.8 Å². The number of rotatable bonds is 8. The third-order valence-corrected chi connectivity index (χ3v) is 5.41. The average molecular weight is 370 g/mol. The second kappa shape index (κ2) is 8.30. The summed E-state index contributed by atoms with van der Waals surface area (Å²) in [5.41, 5.74) is 0. The SMILES string of the molecule is CCOc1ccc(S(=O)(=O)NCCC(=O)N2CCC[C@H]2C(=O)O)cc1. The summed E-state index contributed by atoms with van der Waals surface area (Å²) in [4.78, 5) is 24.6. The number of hydrogen-bond donors (Lipinski definition) is 2. The van der Waals surface area contributed by atoms with Crippen molar-refractivity contribution in [1.29, 1.82) is 0 Å². The molecule has 2 rings (SSSR count). The molecule has 2 N–H and O–H groups in total. The zero-order valence-electron chi connectivity index (χ0n) is 14.0. The van der Waals surface area contributed by atoms with Gasteiger partial charge in [0, 0.05) is 19.5 Å². The highest BCUT2D eigenvalue weighted by Gasteiger charge is 2.33. The molecule has 138 valence electrons. The Morgan fingerprint density at radius 1 is 1.32 bits per heavy atom. The van der Waals surface area contributed by atoms with Crippen LogP contribution in [0.5, 0.6) is 5.75 Å². The molecule has 0 saturated carbocycles. The Morgan fingerprint density at radius 2 is 2.00 bits per heavy atom. The average Bonchev–Trinajstić information content (AvgIpc) is 3.05. The highest BCUT2D eigenvalue weighted by Crippen LogP contribution is 2.19. The van der Waals surface area contributed by atoms with Gasteiger partial charge in [0.25, 0.3) is 0 Å². The Kier molecular flexibility index (Phi) is 6.38. The first-order chi connectivity index (χ1) is 11.8. The van der Waals surface area contributed by atoms with Gasteiger partial charge in [-0.25, -0.2) is 17.9 Å². The van der Waals surface area contributed by atoms with Crippen LogP contribution in [0.25, 0.3) is 0 Å². The molecule has 9 heteroatoms. The van der Waals surface area contributed by atoms with E-state index in [1.807, 2.05) is 6.92 Å². The van der Waals surface area contributed by atoms with Crippen LogP contribution in [0.3, 0.4) is 0 Å². The number of carboxylic acids is 1. The highest BCUT2D eigenvalue weighted by atomic mass is 32.2. The Labute approximate surface area is 146 Å².